The molecule has 0 aliphatic carbocycles. The summed E-state index contributed by atoms with van der Waals surface area (Å²) in [7, 11) is -4.57. The summed E-state index contributed by atoms with van der Waals surface area (Å²) in [6.07, 6.45) is 0. The Balaban J connectivity index is -0.0000000117. The van der Waals surface area contributed by atoms with Crippen molar-refractivity contribution in [2.45, 2.75) is 6.92 Å². The van der Waals surface area contributed by atoms with E-state index in [1.807, 2.05) is 0 Å². The molecule has 76 valence electrons. The van der Waals surface area contributed by atoms with Crippen LogP contribution in [0.5, 0.6) is 0 Å². The van der Waals surface area contributed by atoms with Crippen LogP contribution in [0, 0.1) is 0 Å². The first kappa shape index (κ1) is 36.6. The zero-order chi connectivity index (χ0) is 6.78. The van der Waals surface area contributed by atoms with Gasteiger partial charge in [-0.05, 0) is 0 Å². The van der Waals surface area contributed by atoms with Crippen LogP contribution >= 0.6 is 7.82 Å². The van der Waals surface area contributed by atoms with Gasteiger partial charge in [0.1, 0.15) is 0 Å². The van der Waals surface area contributed by atoms with Crippen LogP contribution in [0.25, 0.3) is 0 Å². The summed E-state index contributed by atoms with van der Waals surface area (Å²) in [4.78, 5) is 25.5. The second kappa shape index (κ2) is 15.9. The van der Waals surface area contributed by atoms with E-state index in [0.717, 1.165) is 6.92 Å². The summed E-state index contributed by atoms with van der Waals surface area (Å²) in [6.45, 7) is 0.916. The van der Waals surface area contributed by atoms with E-state index in [1.165, 1.54) is 0 Å². The molecule has 0 aliphatic heterocycles. The quantitative estimate of drug-likeness (QED) is 0.341. The van der Waals surface area contributed by atoms with Gasteiger partial charge in [0, 0.05) is 6.92 Å². The summed E-state index contributed by atoms with van der Waals surface area (Å²) in [6, 6.07) is 0. The molecule has 0 aromatic carbocycles. The molecule has 8 nitrogen and oxygen atoms in total. The fourth-order valence-corrected chi connectivity index (χ4v) is 0.502. The Kier molecular flexibility index (Phi) is 44.9. The Hall–Kier alpha value is 1.50. The third-order valence-corrected chi connectivity index (χ3v) is 0.742. The van der Waals surface area contributed by atoms with Gasteiger partial charge < -0.3 is 23.8 Å². The zero-order valence-electron chi connectivity index (χ0n) is 9.57. The number of phosphoric acid groups is 1. The van der Waals surface area contributed by atoms with Gasteiger partial charge in [-0.25, -0.2) is 4.57 Å². The maximum absolute atomic E-state index is 9.74. The molecule has 0 bridgehead atoms. The van der Waals surface area contributed by atoms with Gasteiger partial charge >= 0.3 is 72.9 Å². The monoisotopic (exact) mass is 242 g/mol. The average molecular weight is 242 g/mol. The van der Waals surface area contributed by atoms with E-state index in [9.17, 15) is 9.36 Å². The first-order chi connectivity index (χ1) is 3.42. The molecule has 0 radical (unpaired) electrons. The molecule has 11 heteroatoms. The molecular formula is C2H13Na2O8P. The van der Waals surface area contributed by atoms with Crippen molar-refractivity contribution in [1.82, 2.24) is 0 Å². The van der Waals surface area contributed by atoms with Crippen LogP contribution < -0.4 is 59.1 Å². The van der Waals surface area contributed by atoms with Gasteiger partial charge in [-0.15, -0.1) is 0 Å². The van der Waals surface area contributed by atoms with Crippen molar-refractivity contribution in [3.63, 3.8) is 0 Å². The van der Waals surface area contributed by atoms with Crippen molar-refractivity contribution in [1.29, 1.82) is 0 Å². The molecule has 0 amide bonds. The van der Waals surface area contributed by atoms with Gasteiger partial charge in [0.15, 0.2) is 0 Å². The summed E-state index contributed by atoms with van der Waals surface area (Å²) in [5, 5.41) is 0. The summed E-state index contributed by atoms with van der Waals surface area (Å²) >= 11 is 0. The van der Waals surface area contributed by atoms with E-state index in [4.69, 9.17) is 9.79 Å². The number of hydrogen-bond acceptors (Lipinski definition) is 3. The van der Waals surface area contributed by atoms with Crippen LogP contribution in [0.2, 0.25) is 0 Å². The van der Waals surface area contributed by atoms with Crippen LogP contribution in [0.15, 0.2) is 0 Å². The minimum absolute atomic E-state index is 0. The molecule has 0 aromatic rings. The fourth-order valence-electron chi connectivity index (χ4n) is 0.167. The predicted octanol–water partition coefficient (Wildman–Crippen LogP) is -8.60. The van der Waals surface area contributed by atoms with Gasteiger partial charge in [-0.1, -0.05) is 0 Å². The van der Waals surface area contributed by atoms with Crippen molar-refractivity contribution in [2.24, 2.45) is 0 Å². The minimum Gasteiger partial charge on any atom is -1.00 e. The molecule has 0 aliphatic rings. The molecule has 0 rings (SSSR count). The molecule has 0 aromatic heterocycles. The van der Waals surface area contributed by atoms with Crippen molar-refractivity contribution in [3.8, 4) is 0 Å². The first-order valence-corrected chi connectivity index (χ1v) is 3.20. The number of carbonyl (C=O) groups is 1. The normalized spacial score (nSPS) is 6.69. The SMILES string of the molecule is CC(=O)OP(=O)(O)O.O.O.O.[H-].[H-].[Na+].[Na+]. The van der Waals surface area contributed by atoms with Crippen LogP contribution in [-0.2, 0) is 13.9 Å². The molecule has 0 saturated heterocycles. The summed E-state index contributed by atoms with van der Waals surface area (Å²) in [5.41, 5.74) is 0. The minimum atomic E-state index is -4.57. The third kappa shape index (κ3) is 42.3. The molecule has 0 fully saturated rings. The average Bonchev–Trinajstić information content (AvgIpc) is 1.21. The van der Waals surface area contributed by atoms with Gasteiger partial charge in [0.2, 0.25) is 0 Å². The number of hydrogen-bond donors (Lipinski definition) is 2. The van der Waals surface area contributed by atoms with Crippen LogP contribution in [0.3, 0.4) is 0 Å². The Bertz CT molecular complexity index is 152. The van der Waals surface area contributed by atoms with Crippen molar-refractivity contribution in [2.75, 3.05) is 0 Å². The smallest absolute Gasteiger partial charge is 1.00 e. The topological polar surface area (TPSA) is 178 Å². The van der Waals surface area contributed by atoms with E-state index < -0.39 is 13.8 Å². The Morgan fingerprint density at radius 3 is 1.46 bits per heavy atom. The second-order valence-electron chi connectivity index (χ2n) is 1.07. The van der Waals surface area contributed by atoms with Gasteiger partial charge in [0.05, 0.1) is 0 Å². The fraction of sp³-hybridized carbons (Fsp3) is 0.500. The maximum Gasteiger partial charge on any atom is 1.00 e. The Morgan fingerprint density at radius 1 is 1.23 bits per heavy atom. The first-order valence-electron chi connectivity index (χ1n) is 1.67. The Labute approximate surface area is 122 Å². The third-order valence-electron chi connectivity index (χ3n) is 0.247. The molecule has 0 saturated carbocycles. The van der Waals surface area contributed by atoms with E-state index in [2.05, 4.69) is 4.52 Å². The molecule has 0 heterocycles. The molecule has 13 heavy (non-hydrogen) atoms. The largest absolute Gasteiger partial charge is 1.00 e. The van der Waals surface area contributed by atoms with Crippen molar-refractivity contribution < 1.29 is 102 Å². The van der Waals surface area contributed by atoms with Crippen LogP contribution in [0.4, 0.5) is 0 Å². The number of carbonyl (C=O) groups excluding carboxylic acids is 1. The van der Waals surface area contributed by atoms with E-state index in [-0.39, 0.29) is 78.4 Å². The number of phosphoric ester groups is 1. The van der Waals surface area contributed by atoms with Crippen molar-refractivity contribution in [3.05, 3.63) is 0 Å². The molecule has 0 atom stereocenters. The van der Waals surface area contributed by atoms with Gasteiger partial charge in [-0.3, -0.25) is 14.6 Å². The van der Waals surface area contributed by atoms with Gasteiger partial charge in [-0.2, -0.15) is 0 Å². The van der Waals surface area contributed by atoms with Crippen molar-refractivity contribution >= 4 is 13.8 Å². The summed E-state index contributed by atoms with van der Waals surface area (Å²) in [5.74, 6) is -0.988. The summed E-state index contributed by atoms with van der Waals surface area (Å²) < 4.78 is 13.2. The zero-order valence-corrected chi connectivity index (χ0v) is 12.5. The molecule has 0 spiro atoms. The molecular weight excluding hydrogens is 229 g/mol. The van der Waals surface area contributed by atoms with Crippen LogP contribution in [-0.4, -0.2) is 32.2 Å². The van der Waals surface area contributed by atoms with E-state index in [0.29, 0.717) is 0 Å². The van der Waals surface area contributed by atoms with Crippen LogP contribution in [0.1, 0.15) is 9.78 Å². The second-order valence-corrected chi connectivity index (χ2v) is 2.24. The Morgan fingerprint density at radius 2 is 1.46 bits per heavy atom. The van der Waals surface area contributed by atoms with E-state index >= 15 is 0 Å². The molecule has 0 unspecified atom stereocenters. The predicted molar refractivity (Wildman–Crippen MR) is 36.9 cm³/mol. The molecule has 8 N–H and O–H groups in total. The number of rotatable bonds is 1. The standard InChI is InChI=1S/C2H5O5P.2Na.3H2O.2H/c1-2(3)7-8(4,5)6;;;;;;;/h1H3,(H2,4,5,6);;;3*1H2;;/q;2*+1;;;;2*-1. The maximum atomic E-state index is 9.74. The van der Waals surface area contributed by atoms with Gasteiger partial charge in [0.25, 0.3) is 0 Å². The van der Waals surface area contributed by atoms with E-state index in [1.54, 1.807) is 0 Å².